The lowest BCUT2D eigenvalue weighted by molar-refractivity contribution is -0.128. The lowest BCUT2D eigenvalue weighted by Crippen LogP contribution is -2.41. The number of hydrogen-bond donors (Lipinski definition) is 0. The van der Waals surface area contributed by atoms with Gasteiger partial charge in [-0.15, -0.1) is 0 Å². The van der Waals surface area contributed by atoms with Gasteiger partial charge >= 0.3 is 0 Å². The molecule has 25 heavy (non-hydrogen) atoms. The standard InChI is InChI=1S/C17H18Cl2N2O3S/c1-20(11-13-6-4-3-5-7-13)17(22)12-21(25(2,23)24)14-8-9-15(18)16(19)10-14/h3-10H,11-12H2,1-2H3. The quantitative estimate of drug-likeness (QED) is 0.746. The van der Waals surface area contributed by atoms with E-state index in [1.807, 2.05) is 30.3 Å². The molecule has 0 aliphatic rings. The molecule has 0 aliphatic heterocycles. The highest BCUT2D eigenvalue weighted by Crippen LogP contribution is 2.28. The molecule has 0 bridgehead atoms. The molecule has 0 unspecified atom stereocenters. The van der Waals surface area contributed by atoms with Crippen LogP contribution in [0.1, 0.15) is 5.56 Å². The smallest absolute Gasteiger partial charge is 0.243 e. The second-order valence-electron chi connectivity index (χ2n) is 5.60. The third-order valence-corrected chi connectivity index (χ3v) is 5.44. The molecule has 1 amide bonds. The Kier molecular flexibility index (Phi) is 6.32. The summed E-state index contributed by atoms with van der Waals surface area (Å²) in [4.78, 5) is 14.0. The number of halogens is 2. The molecule has 0 spiro atoms. The first-order valence-electron chi connectivity index (χ1n) is 7.39. The molecule has 2 rings (SSSR count). The summed E-state index contributed by atoms with van der Waals surface area (Å²) in [6.07, 6.45) is 1.04. The topological polar surface area (TPSA) is 57.7 Å². The zero-order chi connectivity index (χ0) is 18.6. The molecule has 2 aromatic rings. The van der Waals surface area contributed by atoms with Crippen molar-refractivity contribution in [3.8, 4) is 0 Å². The number of likely N-dealkylation sites (N-methyl/N-ethyl adjacent to an activating group) is 1. The molecule has 0 aromatic heterocycles. The summed E-state index contributed by atoms with van der Waals surface area (Å²) >= 11 is 11.8. The summed E-state index contributed by atoms with van der Waals surface area (Å²) in [6, 6.07) is 13.9. The highest BCUT2D eigenvalue weighted by molar-refractivity contribution is 7.92. The van der Waals surface area contributed by atoms with E-state index in [0.717, 1.165) is 16.1 Å². The molecule has 0 atom stereocenters. The van der Waals surface area contributed by atoms with Gasteiger partial charge in [0.2, 0.25) is 15.9 Å². The van der Waals surface area contributed by atoms with Crippen LogP contribution in [0.15, 0.2) is 48.5 Å². The van der Waals surface area contributed by atoms with Gasteiger partial charge in [-0.05, 0) is 23.8 Å². The number of carbonyl (C=O) groups excluding carboxylic acids is 1. The third-order valence-electron chi connectivity index (χ3n) is 3.56. The van der Waals surface area contributed by atoms with Gasteiger partial charge in [0.15, 0.2) is 0 Å². The lowest BCUT2D eigenvalue weighted by Gasteiger charge is -2.25. The van der Waals surface area contributed by atoms with Gasteiger partial charge < -0.3 is 4.90 Å². The van der Waals surface area contributed by atoms with Crippen molar-refractivity contribution in [3.63, 3.8) is 0 Å². The molecule has 2 aromatic carbocycles. The number of carbonyl (C=O) groups is 1. The van der Waals surface area contributed by atoms with Gasteiger partial charge in [-0.1, -0.05) is 53.5 Å². The van der Waals surface area contributed by atoms with Crippen LogP contribution in [0.2, 0.25) is 10.0 Å². The molecule has 0 radical (unpaired) electrons. The first-order valence-corrected chi connectivity index (χ1v) is 9.99. The van der Waals surface area contributed by atoms with Gasteiger partial charge in [-0.3, -0.25) is 9.10 Å². The van der Waals surface area contributed by atoms with Crippen molar-refractivity contribution in [3.05, 3.63) is 64.1 Å². The minimum Gasteiger partial charge on any atom is -0.340 e. The summed E-state index contributed by atoms with van der Waals surface area (Å²) in [5.74, 6) is -0.333. The molecule has 0 fully saturated rings. The summed E-state index contributed by atoms with van der Waals surface area (Å²) in [5, 5.41) is 0.532. The largest absolute Gasteiger partial charge is 0.340 e. The van der Waals surface area contributed by atoms with Gasteiger partial charge in [0.1, 0.15) is 6.54 Å². The number of benzene rings is 2. The van der Waals surface area contributed by atoms with Crippen LogP contribution in [0.4, 0.5) is 5.69 Å². The van der Waals surface area contributed by atoms with Crippen LogP contribution >= 0.6 is 23.2 Å². The number of amides is 1. The number of hydrogen-bond acceptors (Lipinski definition) is 3. The molecular weight excluding hydrogens is 383 g/mol. The normalized spacial score (nSPS) is 11.2. The van der Waals surface area contributed by atoms with E-state index in [1.54, 1.807) is 7.05 Å². The number of rotatable bonds is 6. The van der Waals surface area contributed by atoms with Crippen LogP contribution in [0.5, 0.6) is 0 Å². The molecule has 5 nitrogen and oxygen atoms in total. The van der Waals surface area contributed by atoms with Crippen LogP contribution in [0.25, 0.3) is 0 Å². The van der Waals surface area contributed by atoms with Gasteiger partial charge in [-0.25, -0.2) is 8.42 Å². The van der Waals surface area contributed by atoms with E-state index in [4.69, 9.17) is 23.2 Å². The van der Waals surface area contributed by atoms with E-state index >= 15 is 0 Å². The number of sulfonamides is 1. The van der Waals surface area contributed by atoms with Crippen molar-refractivity contribution in [2.24, 2.45) is 0 Å². The summed E-state index contributed by atoms with van der Waals surface area (Å²) in [5.41, 5.74) is 1.25. The van der Waals surface area contributed by atoms with Crippen molar-refractivity contribution in [1.82, 2.24) is 4.90 Å². The van der Waals surface area contributed by atoms with Crippen molar-refractivity contribution >= 4 is 44.8 Å². The second kappa shape index (κ2) is 8.08. The van der Waals surface area contributed by atoms with E-state index in [2.05, 4.69) is 0 Å². The molecule has 8 heteroatoms. The average molecular weight is 401 g/mol. The van der Waals surface area contributed by atoms with Crippen LogP contribution in [0, 0.1) is 0 Å². The van der Waals surface area contributed by atoms with Crippen LogP contribution in [0.3, 0.4) is 0 Å². The van der Waals surface area contributed by atoms with E-state index < -0.39 is 10.0 Å². The Morgan fingerprint density at radius 1 is 1.04 bits per heavy atom. The first-order chi connectivity index (χ1) is 11.7. The Morgan fingerprint density at radius 2 is 1.68 bits per heavy atom. The third kappa shape index (κ3) is 5.36. The van der Waals surface area contributed by atoms with Crippen molar-refractivity contribution in [2.45, 2.75) is 6.54 Å². The molecule has 134 valence electrons. The Labute approximate surface area is 157 Å². The maximum Gasteiger partial charge on any atom is 0.243 e. The maximum absolute atomic E-state index is 12.5. The molecular formula is C17H18Cl2N2O3S. The van der Waals surface area contributed by atoms with Gasteiger partial charge in [0, 0.05) is 13.6 Å². The minimum absolute atomic E-state index is 0.220. The van der Waals surface area contributed by atoms with Crippen LogP contribution in [-0.4, -0.2) is 39.1 Å². The average Bonchev–Trinajstić information content (AvgIpc) is 2.55. The highest BCUT2D eigenvalue weighted by Gasteiger charge is 2.23. The molecule has 0 N–H and O–H groups in total. The lowest BCUT2D eigenvalue weighted by atomic mass is 10.2. The van der Waals surface area contributed by atoms with E-state index in [0.29, 0.717) is 17.3 Å². The Morgan fingerprint density at radius 3 is 2.24 bits per heavy atom. The van der Waals surface area contributed by atoms with Crippen molar-refractivity contribution < 1.29 is 13.2 Å². The zero-order valence-electron chi connectivity index (χ0n) is 13.8. The Bertz CT molecular complexity index is 857. The maximum atomic E-state index is 12.5. The Balaban J connectivity index is 2.19. The van der Waals surface area contributed by atoms with Gasteiger partial charge in [0.05, 0.1) is 22.0 Å². The SMILES string of the molecule is CN(Cc1ccccc1)C(=O)CN(c1ccc(Cl)c(Cl)c1)S(C)(=O)=O. The molecule has 0 saturated carbocycles. The number of anilines is 1. The van der Waals surface area contributed by atoms with E-state index in [1.165, 1.54) is 23.1 Å². The monoisotopic (exact) mass is 400 g/mol. The predicted molar refractivity (Wildman–Crippen MR) is 102 cm³/mol. The molecule has 0 aliphatic carbocycles. The van der Waals surface area contributed by atoms with Crippen molar-refractivity contribution in [1.29, 1.82) is 0 Å². The predicted octanol–water partition coefficient (Wildman–Crippen LogP) is 3.42. The summed E-state index contributed by atoms with van der Waals surface area (Å²) in [7, 11) is -2.04. The molecule has 0 saturated heterocycles. The minimum atomic E-state index is -3.66. The van der Waals surface area contributed by atoms with Gasteiger partial charge in [0.25, 0.3) is 0 Å². The summed E-state index contributed by atoms with van der Waals surface area (Å²) in [6.45, 7) is 0.0682. The highest BCUT2D eigenvalue weighted by atomic mass is 35.5. The fourth-order valence-electron chi connectivity index (χ4n) is 2.23. The van der Waals surface area contributed by atoms with E-state index in [9.17, 15) is 13.2 Å². The number of nitrogens with zero attached hydrogens (tertiary/aromatic N) is 2. The van der Waals surface area contributed by atoms with Crippen LogP contribution < -0.4 is 4.31 Å². The first kappa shape index (κ1) is 19.6. The molecule has 0 heterocycles. The second-order valence-corrected chi connectivity index (χ2v) is 8.32. The van der Waals surface area contributed by atoms with E-state index in [-0.39, 0.29) is 17.5 Å². The summed E-state index contributed by atoms with van der Waals surface area (Å²) < 4.78 is 25.3. The fourth-order valence-corrected chi connectivity index (χ4v) is 3.36. The zero-order valence-corrected chi connectivity index (χ0v) is 16.1. The fraction of sp³-hybridized carbons (Fsp3) is 0.235. The Hall–Kier alpha value is -1.76. The van der Waals surface area contributed by atoms with Crippen LogP contribution in [-0.2, 0) is 21.4 Å². The van der Waals surface area contributed by atoms with Gasteiger partial charge in [-0.2, -0.15) is 0 Å². The van der Waals surface area contributed by atoms with Crippen molar-refractivity contribution in [2.75, 3.05) is 24.2 Å².